The van der Waals surface area contributed by atoms with E-state index in [1.807, 2.05) is 12.1 Å². The van der Waals surface area contributed by atoms with Crippen molar-refractivity contribution in [1.29, 1.82) is 0 Å². The van der Waals surface area contributed by atoms with E-state index in [-0.39, 0.29) is 17.1 Å². The van der Waals surface area contributed by atoms with Crippen LogP contribution in [0.4, 0.5) is 5.69 Å². The Morgan fingerprint density at radius 3 is 2.41 bits per heavy atom. The number of nitro groups is 1. The Morgan fingerprint density at radius 1 is 1.17 bits per heavy atom. The van der Waals surface area contributed by atoms with Gasteiger partial charge < -0.3 is 9.26 Å². The smallest absolute Gasteiger partial charge is 0.338 e. The van der Waals surface area contributed by atoms with Gasteiger partial charge in [-0.25, -0.2) is 0 Å². The highest BCUT2D eigenvalue weighted by Crippen LogP contribution is 2.60. The van der Waals surface area contributed by atoms with Gasteiger partial charge in [-0.15, -0.1) is 0 Å². The Hall–Kier alpha value is -2.63. The van der Waals surface area contributed by atoms with E-state index in [1.54, 1.807) is 20.1 Å². The summed E-state index contributed by atoms with van der Waals surface area (Å²) >= 11 is 0. The number of hydrogen-bond donors (Lipinski definition) is 0. The van der Waals surface area contributed by atoms with Gasteiger partial charge in [0.25, 0.3) is 0 Å². The summed E-state index contributed by atoms with van der Waals surface area (Å²) in [6.45, 7) is 1.58. The van der Waals surface area contributed by atoms with Gasteiger partial charge in [0.05, 0.1) is 12.0 Å². The number of aromatic nitrogens is 1. The topological polar surface area (TPSA) is 78.4 Å². The number of ether oxygens (including phenoxy) is 1. The van der Waals surface area contributed by atoms with E-state index in [2.05, 4.69) is 17.3 Å². The zero-order valence-electron chi connectivity index (χ0n) is 16.9. The van der Waals surface area contributed by atoms with Crippen molar-refractivity contribution in [2.45, 2.75) is 50.9 Å². The summed E-state index contributed by atoms with van der Waals surface area (Å²) in [5, 5.41) is 15.0. The number of methoxy groups -OCH3 is 1. The molecule has 0 aliphatic heterocycles. The molecule has 29 heavy (non-hydrogen) atoms. The van der Waals surface area contributed by atoms with Crippen LogP contribution < -0.4 is 4.74 Å². The molecule has 0 amide bonds. The lowest BCUT2D eigenvalue weighted by Gasteiger charge is -2.57. The minimum Gasteiger partial charge on any atom is -0.496 e. The first-order valence-electron chi connectivity index (χ1n) is 10.4. The Bertz CT molecular complexity index is 955. The van der Waals surface area contributed by atoms with Gasteiger partial charge >= 0.3 is 5.69 Å². The molecule has 4 fully saturated rings. The highest BCUT2D eigenvalue weighted by molar-refractivity contribution is 5.74. The summed E-state index contributed by atoms with van der Waals surface area (Å²) in [6.07, 6.45) is 11.6. The predicted molar refractivity (Wildman–Crippen MR) is 110 cm³/mol. The fourth-order valence-electron chi connectivity index (χ4n) is 6.54. The third-order valence-corrected chi connectivity index (χ3v) is 7.33. The van der Waals surface area contributed by atoms with Gasteiger partial charge in [0.1, 0.15) is 5.75 Å². The van der Waals surface area contributed by atoms with Gasteiger partial charge in [0.2, 0.25) is 5.76 Å². The molecule has 0 spiro atoms. The normalized spacial score (nSPS) is 30.2. The molecule has 152 valence electrons. The Balaban J connectivity index is 1.50. The zero-order valence-corrected chi connectivity index (χ0v) is 16.9. The van der Waals surface area contributed by atoms with Crippen LogP contribution in [0, 0.1) is 34.8 Å². The van der Waals surface area contributed by atoms with Crippen LogP contribution >= 0.6 is 0 Å². The van der Waals surface area contributed by atoms with Crippen LogP contribution in [0.3, 0.4) is 0 Å². The number of nitrogens with zero attached hydrogens (tertiary/aromatic N) is 2. The molecule has 1 heterocycles. The summed E-state index contributed by atoms with van der Waals surface area (Å²) in [4.78, 5) is 10.8. The lowest BCUT2D eigenvalue weighted by molar-refractivity contribution is -0.386. The summed E-state index contributed by atoms with van der Waals surface area (Å²) in [5.74, 6) is 3.55. The van der Waals surface area contributed by atoms with Crippen molar-refractivity contribution >= 4 is 17.8 Å². The van der Waals surface area contributed by atoms with Crippen molar-refractivity contribution < 1.29 is 14.2 Å². The molecule has 4 saturated carbocycles. The lowest BCUT2D eigenvalue weighted by Crippen LogP contribution is -2.48. The van der Waals surface area contributed by atoms with E-state index < -0.39 is 4.92 Å². The molecule has 1 aromatic heterocycles. The first kappa shape index (κ1) is 18.4. The van der Waals surface area contributed by atoms with Crippen LogP contribution in [-0.2, 0) is 5.41 Å². The first-order chi connectivity index (χ1) is 14.0. The van der Waals surface area contributed by atoms with E-state index in [9.17, 15) is 10.1 Å². The van der Waals surface area contributed by atoms with Crippen molar-refractivity contribution in [3.05, 3.63) is 50.9 Å². The fraction of sp³-hybridized carbons (Fsp3) is 0.522. The monoisotopic (exact) mass is 394 g/mol. The molecule has 4 aliphatic rings. The van der Waals surface area contributed by atoms with Gasteiger partial charge in [-0.2, -0.15) is 0 Å². The molecule has 0 saturated heterocycles. The van der Waals surface area contributed by atoms with Crippen molar-refractivity contribution in [3.8, 4) is 5.75 Å². The van der Waals surface area contributed by atoms with Crippen molar-refractivity contribution in [1.82, 2.24) is 5.16 Å². The molecule has 0 atom stereocenters. The minimum absolute atomic E-state index is 0.0857. The third-order valence-electron chi connectivity index (χ3n) is 7.33. The predicted octanol–water partition coefficient (Wildman–Crippen LogP) is 5.54. The summed E-state index contributed by atoms with van der Waals surface area (Å²) in [7, 11) is 1.65. The number of rotatable bonds is 5. The average molecular weight is 394 g/mol. The highest BCUT2D eigenvalue weighted by atomic mass is 16.6. The summed E-state index contributed by atoms with van der Waals surface area (Å²) in [6, 6.07) is 6.48. The van der Waals surface area contributed by atoms with Crippen LogP contribution in [0.15, 0.2) is 22.7 Å². The largest absolute Gasteiger partial charge is 0.496 e. The second-order valence-electron chi connectivity index (χ2n) is 9.23. The molecule has 0 unspecified atom stereocenters. The summed E-state index contributed by atoms with van der Waals surface area (Å²) < 4.78 is 10.7. The highest BCUT2D eigenvalue weighted by Gasteiger charge is 2.51. The van der Waals surface area contributed by atoms with Crippen LogP contribution in [0.25, 0.3) is 12.2 Å². The number of benzene rings is 1. The fourth-order valence-corrected chi connectivity index (χ4v) is 6.54. The SMILES string of the molecule is COc1ccc(C23CC4CC(CC(C4)C2)C3)cc1/C=C/c1onc(C)c1[N+](=O)[O-]. The van der Waals surface area contributed by atoms with Crippen molar-refractivity contribution in [2.24, 2.45) is 17.8 Å². The molecule has 6 rings (SSSR count). The molecular weight excluding hydrogens is 368 g/mol. The van der Waals surface area contributed by atoms with Crippen LogP contribution in [0.5, 0.6) is 5.75 Å². The maximum atomic E-state index is 11.3. The van der Waals surface area contributed by atoms with Crippen LogP contribution in [0.1, 0.15) is 61.1 Å². The molecule has 2 aromatic rings. The van der Waals surface area contributed by atoms with E-state index in [4.69, 9.17) is 9.26 Å². The van der Waals surface area contributed by atoms with Crippen LogP contribution in [0.2, 0.25) is 0 Å². The van der Waals surface area contributed by atoms with Gasteiger partial charge in [0.15, 0.2) is 5.69 Å². The zero-order chi connectivity index (χ0) is 20.2. The third kappa shape index (κ3) is 3.05. The first-order valence-corrected chi connectivity index (χ1v) is 10.4. The summed E-state index contributed by atoms with van der Waals surface area (Å²) in [5.41, 5.74) is 2.80. The standard InChI is InChI=1S/C23H26N2O4/c1-14-22(25(26)27)21(29-24-14)5-3-18-10-19(4-6-20(18)28-2)23-11-15-7-16(12-23)9-17(8-15)13-23/h3-6,10,15-17H,7-9,11-13H2,1-2H3/b5-3+. The molecule has 0 N–H and O–H groups in total. The minimum atomic E-state index is -0.450. The molecule has 6 heteroatoms. The molecular formula is C23H26N2O4. The lowest BCUT2D eigenvalue weighted by atomic mass is 9.48. The molecule has 4 aliphatic carbocycles. The number of aryl methyl sites for hydroxylation is 1. The quantitative estimate of drug-likeness (QED) is 0.491. The van der Waals surface area contributed by atoms with Gasteiger partial charge in [-0.3, -0.25) is 10.1 Å². The van der Waals surface area contributed by atoms with Crippen molar-refractivity contribution in [3.63, 3.8) is 0 Å². The second-order valence-corrected chi connectivity index (χ2v) is 9.23. The molecule has 0 radical (unpaired) electrons. The Kier molecular flexibility index (Phi) is 4.26. The maximum Gasteiger partial charge on any atom is 0.338 e. The van der Waals surface area contributed by atoms with Crippen LogP contribution in [-0.4, -0.2) is 17.2 Å². The second kappa shape index (κ2) is 6.71. The average Bonchev–Trinajstić information content (AvgIpc) is 3.05. The maximum absolute atomic E-state index is 11.3. The van der Waals surface area contributed by atoms with E-state index in [0.717, 1.165) is 29.1 Å². The Labute approximate surface area is 170 Å². The van der Waals surface area contributed by atoms with E-state index in [0.29, 0.717) is 5.41 Å². The molecule has 4 bridgehead atoms. The van der Waals surface area contributed by atoms with Gasteiger partial charge in [-0.1, -0.05) is 11.2 Å². The molecule has 1 aromatic carbocycles. The van der Waals surface area contributed by atoms with Gasteiger partial charge in [-0.05, 0) is 98.5 Å². The van der Waals surface area contributed by atoms with Crippen molar-refractivity contribution in [2.75, 3.05) is 7.11 Å². The molecule has 6 nitrogen and oxygen atoms in total. The number of hydrogen-bond acceptors (Lipinski definition) is 5. The van der Waals surface area contributed by atoms with E-state index >= 15 is 0 Å². The van der Waals surface area contributed by atoms with E-state index in [1.165, 1.54) is 44.1 Å². The van der Waals surface area contributed by atoms with Gasteiger partial charge in [0, 0.05) is 5.56 Å². The Morgan fingerprint density at radius 2 is 1.83 bits per heavy atom.